The van der Waals surface area contributed by atoms with Crippen molar-refractivity contribution in [1.82, 2.24) is 9.88 Å². The first-order chi connectivity index (χ1) is 19.8. The van der Waals surface area contributed by atoms with Crippen LogP contribution < -0.4 is 14.2 Å². The second-order valence-corrected chi connectivity index (χ2v) is 9.38. The van der Waals surface area contributed by atoms with Crippen LogP contribution in [0.2, 0.25) is 0 Å². The van der Waals surface area contributed by atoms with Gasteiger partial charge in [0.2, 0.25) is 0 Å². The van der Waals surface area contributed by atoms with Crippen molar-refractivity contribution in [2.45, 2.75) is 12.5 Å². The van der Waals surface area contributed by atoms with Gasteiger partial charge in [-0.3, -0.25) is 19.7 Å². The summed E-state index contributed by atoms with van der Waals surface area (Å²) < 4.78 is 16.3. The number of aliphatic hydroxyl groups excluding tert-OH is 1. The Hall–Kier alpha value is -5.32. The Morgan fingerprint density at radius 1 is 0.976 bits per heavy atom. The Morgan fingerprint density at radius 2 is 1.66 bits per heavy atom. The summed E-state index contributed by atoms with van der Waals surface area (Å²) in [6.45, 7) is 0.136. The third kappa shape index (κ3) is 4.93. The normalized spacial score (nSPS) is 16.3. The summed E-state index contributed by atoms with van der Waals surface area (Å²) >= 11 is 0. The number of H-pyrrole nitrogens is 1. The van der Waals surface area contributed by atoms with Gasteiger partial charge in [-0.15, -0.1) is 0 Å². The van der Waals surface area contributed by atoms with Gasteiger partial charge in [-0.25, -0.2) is 0 Å². The van der Waals surface area contributed by atoms with E-state index in [0.717, 1.165) is 16.5 Å². The predicted molar refractivity (Wildman–Crippen MR) is 150 cm³/mol. The molecule has 1 saturated heterocycles. The fraction of sp³-hybridized carbons (Fsp3) is 0.200. The first-order valence-electron chi connectivity index (χ1n) is 12.7. The van der Waals surface area contributed by atoms with E-state index in [1.54, 1.807) is 25.3 Å². The molecule has 0 bridgehead atoms. The number of carbonyl (C=O) groups excluding carboxylic acids is 2. The lowest BCUT2D eigenvalue weighted by Crippen LogP contribution is -2.31. The molecule has 0 radical (unpaired) electrons. The van der Waals surface area contributed by atoms with E-state index in [1.807, 2.05) is 24.4 Å². The molecule has 4 aromatic rings. The lowest BCUT2D eigenvalue weighted by molar-refractivity contribution is -0.384. The zero-order valence-corrected chi connectivity index (χ0v) is 22.5. The fourth-order valence-electron chi connectivity index (χ4n) is 5.12. The Balaban J connectivity index is 1.61. The highest BCUT2D eigenvalue weighted by molar-refractivity contribution is 6.46. The number of aliphatic hydroxyl groups is 1. The number of methoxy groups -OCH3 is 3. The standard InChI is InChI=1S/C30H27N3O8/c1-39-20-8-10-24-22(14-20)18(16-31-24)12-13-32-27(23-15-21(40-2)9-11-25(23)41-3)26(29(35)30(32)36)28(34)17-4-6-19(7-5-17)33(37)38/h4-11,14-16,27,31,34H,12-13H2,1-3H3/b28-26-. The topological polar surface area (TPSA) is 144 Å². The maximum absolute atomic E-state index is 13.5. The Bertz CT molecular complexity index is 1690. The van der Waals surface area contributed by atoms with Crippen molar-refractivity contribution in [3.8, 4) is 17.2 Å². The molecule has 1 aliphatic rings. The van der Waals surface area contributed by atoms with Crippen LogP contribution in [0.4, 0.5) is 5.69 Å². The van der Waals surface area contributed by atoms with Crippen molar-refractivity contribution in [3.05, 3.63) is 99.2 Å². The number of nitrogens with one attached hydrogen (secondary N) is 1. The van der Waals surface area contributed by atoms with Crippen molar-refractivity contribution >= 4 is 34.0 Å². The second-order valence-electron chi connectivity index (χ2n) is 9.38. The molecule has 41 heavy (non-hydrogen) atoms. The number of ketones is 1. The van der Waals surface area contributed by atoms with Gasteiger partial charge in [0.25, 0.3) is 17.4 Å². The molecule has 1 amide bonds. The Labute approximate surface area is 234 Å². The van der Waals surface area contributed by atoms with Gasteiger partial charge in [0.1, 0.15) is 23.0 Å². The number of aromatic amines is 1. The quantitative estimate of drug-likeness (QED) is 0.0985. The number of Topliss-reactive ketones (excluding diaryl/α,β-unsaturated/α-hetero) is 1. The van der Waals surface area contributed by atoms with E-state index in [4.69, 9.17) is 14.2 Å². The van der Waals surface area contributed by atoms with Crippen LogP contribution in [0.3, 0.4) is 0 Å². The van der Waals surface area contributed by atoms with Crippen LogP contribution in [0.5, 0.6) is 17.2 Å². The van der Waals surface area contributed by atoms with Gasteiger partial charge in [0.15, 0.2) is 0 Å². The molecular weight excluding hydrogens is 530 g/mol. The van der Waals surface area contributed by atoms with E-state index in [2.05, 4.69) is 4.98 Å². The smallest absolute Gasteiger partial charge is 0.295 e. The van der Waals surface area contributed by atoms with Gasteiger partial charge in [-0.2, -0.15) is 0 Å². The third-order valence-corrected chi connectivity index (χ3v) is 7.22. The number of carbonyl (C=O) groups is 2. The van der Waals surface area contributed by atoms with Crippen LogP contribution in [0.15, 0.2) is 72.4 Å². The number of fused-ring (bicyclic) bond motifs is 1. The van der Waals surface area contributed by atoms with Crippen molar-refractivity contribution in [2.75, 3.05) is 27.9 Å². The number of benzene rings is 3. The number of non-ortho nitro benzene ring substituents is 1. The number of nitro benzene ring substituents is 1. The monoisotopic (exact) mass is 557 g/mol. The maximum Gasteiger partial charge on any atom is 0.295 e. The number of aromatic nitrogens is 1. The summed E-state index contributed by atoms with van der Waals surface area (Å²) in [5.41, 5.74) is 2.07. The van der Waals surface area contributed by atoms with Crippen LogP contribution in [0.1, 0.15) is 22.7 Å². The lowest BCUT2D eigenvalue weighted by atomic mass is 9.94. The molecule has 1 atom stereocenters. The molecule has 11 heteroatoms. The summed E-state index contributed by atoms with van der Waals surface area (Å²) in [6, 6.07) is 14.7. The molecule has 0 saturated carbocycles. The van der Waals surface area contributed by atoms with Crippen molar-refractivity contribution in [3.63, 3.8) is 0 Å². The molecule has 0 aliphatic carbocycles. The summed E-state index contributed by atoms with van der Waals surface area (Å²) in [5, 5.41) is 23.4. The highest BCUT2D eigenvalue weighted by Crippen LogP contribution is 2.44. The Kier molecular flexibility index (Phi) is 7.34. The maximum atomic E-state index is 13.5. The summed E-state index contributed by atoms with van der Waals surface area (Å²) in [5.74, 6) is -0.591. The largest absolute Gasteiger partial charge is 0.507 e. The molecule has 1 aliphatic heterocycles. The lowest BCUT2D eigenvalue weighted by Gasteiger charge is -2.27. The van der Waals surface area contributed by atoms with Crippen LogP contribution in [-0.2, 0) is 16.0 Å². The number of rotatable bonds is 9. The molecule has 1 fully saturated rings. The second kappa shape index (κ2) is 11.0. The van der Waals surface area contributed by atoms with E-state index in [1.165, 1.54) is 43.4 Å². The molecule has 1 aromatic heterocycles. The molecule has 3 aromatic carbocycles. The van der Waals surface area contributed by atoms with E-state index < -0.39 is 28.4 Å². The first kappa shape index (κ1) is 27.3. The van der Waals surface area contributed by atoms with E-state index in [-0.39, 0.29) is 23.4 Å². The minimum Gasteiger partial charge on any atom is -0.507 e. The number of amides is 1. The highest BCUT2D eigenvalue weighted by atomic mass is 16.6. The van der Waals surface area contributed by atoms with Crippen LogP contribution in [-0.4, -0.2) is 59.5 Å². The first-order valence-corrected chi connectivity index (χ1v) is 12.7. The van der Waals surface area contributed by atoms with Crippen LogP contribution >= 0.6 is 0 Å². The van der Waals surface area contributed by atoms with E-state index in [9.17, 15) is 24.8 Å². The van der Waals surface area contributed by atoms with Crippen molar-refractivity contribution in [1.29, 1.82) is 0 Å². The van der Waals surface area contributed by atoms with Crippen molar-refractivity contribution < 1.29 is 33.8 Å². The van der Waals surface area contributed by atoms with E-state index in [0.29, 0.717) is 29.2 Å². The average Bonchev–Trinajstić information content (AvgIpc) is 3.52. The number of nitro groups is 1. The minimum atomic E-state index is -1.02. The zero-order valence-electron chi connectivity index (χ0n) is 22.5. The van der Waals surface area contributed by atoms with Gasteiger partial charge in [0.05, 0.1) is 37.9 Å². The molecule has 2 heterocycles. The summed E-state index contributed by atoms with van der Waals surface area (Å²) in [6.07, 6.45) is 2.24. The number of ether oxygens (including phenoxy) is 3. The predicted octanol–water partition coefficient (Wildman–Crippen LogP) is 4.77. The number of hydrogen-bond acceptors (Lipinski definition) is 8. The number of hydrogen-bond donors (Lipinski definition) is 2. The molecule has 0 spiro atoms. The van der Waals surface area contributed by atoms with Gasteiger partial charge in [-0.1, -0.05) is 0 Å². The Morgan fingerprint density at radius 3 is 2.32 bits per heavy atom. The van der Waals surface area contributed by atoms with Crippen molar-refractivity contribution in [2.24, 2.45) is 0 Å². The molecule has 5 rings (SSSR count). The van der Waals surface area contributed by atoms with Crippen LogP contribution in [0, 0.1) is 10.1 Å². The van der Waals surface area contributed by atoms with Gasteiger partial charge in [0, 0.05) is 46.9 Å². The summed E-state index contributed by atoms with van der Waals surface area (Å²) in [7, 11) is 4.54. The van der Waals surface area contributed by atoms with E-state index >= 15 is 0 Å². The number of likely N-dealkylation sites (tertiary alicyclic amines) is 1. The van der Waals surface area contributed by atoms with Crippen LogP contribution in [0.25, 0.3) is 16.7 Å². The molecule has 210 valence electrons. The van der Waals surface area contributed by atoms with Gasteiger partial charge < -0.3 is 29.2 Å². The molecule has 11 nitrogen and oxygen atoms in total. The molecular formula is C30H27N3O8. The van der Waals surface area contributed by atoms with Gasteiger partial charge >= 0.3 is 0 Å². The summed E-state index contributed by atoms with van der Waals surface area (Å²) in [4.78, 5) is 42.2. The van der Waals surface area contributed by atoms with Gasteiger partial charge in [-0.05, 0) is 60.5 Å². The zero-order chi connectivity index (χ0) is 29.3. The third-order valence-electron chi connectivity index (χ3n) is 7.22. The minimum absolute atomic E-state index is 0.136. The highest BCUT2D eigenvalue weighted by Gasteiger charge is 2.47. The number of nitrogens with zero attached hydrogens (tertiary/aromatic N) is 2. The SMILES string of the molecule is COc1ccc(OC)c(C2/C(=C(/O)c3ccc([N+](=O)[O-])cc3)C(=O)C(=O)N2CCc2c[nH]c3ccc(OC)cc23)c1. The fourth-order valence-corrected chi connectivity index (χ4v) is 5.12. The molecule has 2 N–H and O–H groups in total. The molecule has 1 unspecified atom stereocenters. The average molecular weight is 558 g/mol.